The molecule has 3 unspecified atom stereocenters. The standard InChI is InChI=1S/C23H32ClNO5/c1-6-7-12-27-21-19(25-30-20(21)15-8-9-15)17-13-16(24)10-11-18(17)28-14(2)22(26)29-23(3,4)5/h10-11,13-15,20-21H,6-9,12H2,1-5H3. The topological polar surface area (TPSA) is 66.4 Å². The fraction of sp³-hybridized carbons (Fsp3) is 0.652. The molecule has 30 heavy (non-hydrogen) atoms. The van der Waals surface area contributed by atoms with Gasteiger partial charge in [-0.15, -0.1) is 0 Å². The highest BCUT2D eigenvalue weighted by Gasteiger charge is 2.46. The summed E-state index contributed by atoms with van der Waals surface area (Å²) >= 11 is 6.28. The van der Waals surface area contributed by atoms with Crippen molar-refractivity contribution in [3.8, 4) is 5.75 Å². The third-order valence-corrected chi connectivity index (χ3v) is 5.22. The van der Waals surface area contributed by atoms with Crippen molar-refractivity contribution >= 4 is 23.3 Å². The number of hydrogen-bond donors (Lipinski definition) is 0. The van der Waals surface area contributed by atoms with Crippen molar-refractivity contribution in [1.82, 2.24) is 0 Å². The van der Waals surface area contributed by atoms with Crippen LogP contribution in [0.1, 0.15) is 65.9 Å². The molecule has 1 fully saturated rings. The highest BCUT2D eigenvalue weighted by atomic mass is 35.5. The Morgan fingerprint density at radius 2 is 2.07 bits per heavy atom. The van der Waals surface area contributed by atoms with E-state index in [0.717, 1.165) is 25.7 Å². The predicted octanol–water partition coefficient (Wildman–Crippen LogP) is 5.15. The summed E-state index contributed by atoms with van der Waals surface area (Å²) < 4.78 is 17.6. The molecule has 2 aliphatic rings. The van der Waals surface area contributed by atoms with Gasteiger partial charge in [-0.25, -0.2) is 4.79 Å². The van der Waals surface area contributed by atoms with Crippen molar-refractivity contribution in [3.63, 3.8) is 0 Å². The lowest BCUT2D eigenvalue weighted by Gasteiger charge is -2.24. The lowest BCUT2D eigenvalue weighted by atomic mass is 9.98. The summed E-state index contributed by atoms with van der Waals surface area (Å²) in [6, 6.07) is 5.25. The minimum atomic E-state index is -0.786. The molecule has 0 N–H and O–H groups in total. The van der Waals surface area contributed by atoms with Gasteiger partial charge in [0.2, 0.25) is 0 Å². The Morgan fingerprint density at radius 1 is 1.33 bits per heavy atom. The molecule has 166 valence electrons. The number of rotatable bonds is 9. The van der Waals surface area contributed by atoms with Crippen molar-refractivity contribution in [2.24, 2.45) is 11.1 Å². The van der Waals surface area contributed by atoms with Gasteiger partial charge in [0, 0.05) is 23.1 Å². The zero-order valence-corrected chi connectivity index (χ0v) is 19.2. The van der Waals surface area contributed by atoms with Gasteiger partial charge in [0.05, 0.1) is 0 Å². The van der Waals surface area contributed by atoms with Crippen LogP contribution in [-0.4, -0.2) is 42.2 Å². The van der Waals surface area contributed by atoms with Gasteiger partial charge in [-0.3, -0.25) is 0 Å². The first-order chi connectivity index (χ1) is 14.2. The van der Waals surface area contributed by atoms with E-state index in [0.29, 0.717) is 34.6 Å². The summed E-state index contributed by atoms with van der Waals surface area (Å²) in [5.41, 5.74) is 0.760. The van der Waals surface area contributed by atoms with E-state index >= 15 is 0 Å². The molecule has 0 bridgehead atoms. The van der Waals surface area contributed by atoms with Crippen LogP contribution < -0.4 is 4.74 Å². The quantitative estimate of drug-likeness (QED) is 0.395. The summed E-state index contributed by atoms with van der Waals surface area (Å²) in [4.78, 5) is 18.2. The van der Waals surface area contributed by atoms with Gasteiger partial charge in [0.25, 0.3) is 0 Å². The van der Waals surface area contributed by atoms with Crippen LogP contribution in [0.4, 0.5) is 0 Å². The molecule has 1 aromatic carbocycles. The van der Waals surface area contributed by atoms with Gasteiger partial charge in [-0.05, 0) is 65.2 Å². The Labute approximate surface area is 183 Å². The Bertz CT molecular complexity index is 784. The Hall–Kier alpha value is -1.79. The summed E-state index contributed by atoms with van der Waals surface area (Å²) in [6.07, 6.45) is 3.10. The maximum Gasteiger partial charge on any atom is 0.347 e. The van der Waals surface area contributed by atoms with Crippen molar-refractivity contribution in [2.75, 3.05) is 6.61 Å². The van der Waals surface area contributed by atoms with Gasteiger partial charge in [-0.2, -0.15) is 0 Å². The minimum absolute atomic E-state index is 0.0908. The molecule has 1 aliphatic heterocycles. The molecule has 0 amide bonds. The number of nitrogens with zero attached hydrogens (tertiary/aromatic N) is 1. The molecule has 1 aromatic rings. The molecular formula is C23H32ClNO5. The highest BCUT2D eigenvalue weighted by Crippen LogP contribution is 2.41. The molecule has 0 spiro atoms. The zero-order valence-electron chi connectivity index (χ0n) is 18.4. The fourth-order valence-corrected chi connectivity index (χ4v) is 3.47. The second kappa shape index (κ2) is 9.56. The molecule has 7 heteroatoms. The SMILES string of the molecule is CCCCOC1C(c2cc(Cl)ccc2OC(C)C(=O)OC(C)(C)C)=NOC1C1CC1. The van der Waals surface area contributed by atoms with E-state index in [9.17, 15) is 4.79 Å². The lowest BCUT2D eigenvalue weighted by Crippen LogP contribution is -2.36. The normalized spacial score (nSPS) is 22.3. The largest absolute Gasteiger partial charge is 0.478 e. The summed E-state index contributed by atoms with van der Waals surface area (Å²) in [6.45, 7) is 9.91. The molecule has 1 aliphatic carbocycles. The number of halogens is 1. The van der Waals surface area contributed by atoms with E-state index in [1.807, 2.05) is 20.8 Å². The number of unbranched alkanes of at least 4 members (excludes halogenated alkanes) is 1. The number of carbonyl (C=O) groups is 1. The average molecular weight is 438 g/mol. The van der Waals surface area contributed by atoms with E-state index in [-0.39, 0.29) is 12.2 Å². The van der Waals surface area contributed by atoms with Crippen molar-refractivity contribution in [2.45, 2.75) is 84.2 Å². The average Bonchev–Trinajstić information content (AvgIpc) is 3.42. The van der Waals surface area contributed by atoms with E-state index in [2.05, 4.69) is 12.1 Å². The van der Waals surface area contributed by atoms with Crippen LogP contribution in [0.2, 0.25) is 5.02 Å². The van der Waals surface area contributed by atoms with Crippen molar-refractivity contribution in [3.05, 3.63) is 28.8 Å². The Kier molecular flexibility index (Phi) is 7.30. The first-order valence-electron chi connectivity index (χ1n) is 10.7. The smallest absolute Gasteiger partial charge is 0.347 e. The van der Waals surface area contributed by atoms with E-state index < -0.39 is 17.7 Å². The minimum Gasteiger partial charge on any atom is -0.478 e. The van der Waals surface area contributed by atoms with E-state index in [4.69, 9.17) is 30.6 Å². The third-order valence-electron chi connectivity index (χ3n) is 4.98. The summed E-state index contributed by atoms with van der Waals surface area (Å²) in [5, 5.41) is 4.91. The van der Waals surface area contributed by atoms with E-state index in [1.54, 1.807) is 25.1 Å². The zero-order chi connectivity index (χ0) is 21.9. The van der Waals surface area contributed by atoms with Crippen LogP contribution in [0.15, 0.2) is 23.4 Å². The highest BCUT2D eigenvalue weighted by molar-refractivity contribution is 6.31. The van der Waals surface area contributed by atoms with Crippen LogP contribution >= 0.6 is 11.6 Å². The molecule has 1 saturated carbocycles. The molecule has 1 heterocycles. The van der Waals surface area contributed by atoms with Gasteiger partial charge in [0.15, 0.2) is 12.2 Å². The monoisotopic (exact) mass is 437 g/mol. The maximum absolute atomic E-state index is 12.4. The van der Waals surface area contributed by atoms with Crippen LogP contribution in [0.5, 0.6) is 5.75 Å². The van der Waals surface area contributed by atoms with Crippen LogP contribution in [0, 0.1) is 5.92 Å². The van der Waals surface area contributed by atoms with Crippen LogP contribution in [-0.2, 0) is 19.1 Å². The Morgan fingerprint density at radius 3 is 2.70 bits per heavy atom. The molecule has 0 aromatic heterocycles. The number of benzene rings is 1. The fourth-order valence-electron chi connectivity index (χ4n) is 3.30. The lowest BCUT2D eigenvalue weighted by molar-refractivity contribution is -0.162. The predicted molar refractivity (Wildman–Crippen MR) is 116 cm³/mol. The number of carbonyl (C=O) groups excluding carboxylic acids is 1. The third kappa shape index (κ3) is 5.88. The second-order valence-electron chi connectivity index (χ2n) is 8.96. The maximum atomic E-state index is 12.4. The van der Waals surface area contributed by atoms with Crippen molar-refractivity contribution < 1.29 is 23.8 Å². The molecule has 6 nitrogen and oxygen atoms in total. The Balaban J connectivity index is 1.82. The molecule has 0 radical (unpaired) electrons. The summed E-state index contributed by atoms with van der Waals surface area (Å²) in [5.74, 6) is 0.530. The number of ether oxygens (including phenoxy) is 3. The van der Waals surface area contributed by atoms with Crippen molar-refractivity contribution in [1.29, 1.82) is 0 Å². The molecule has 3 rings (SSSR count). The first kappa shape index (κ1) is 22.9. The number of esters is 1. The van der Waals surface area contributed by atoms with Gasteiger partial charge < -0.3 is 19.0 Å². The number of oxime groups is 1. The van der Waals surface area contributed by atoms with Gasteiger partial charge >= 0.3 is 5.97 Å². The molecule has 3 atom stereocenters. The van der Waals surface area contributed by atoms with Gasteiger partial charge in [-0.1, -0.05) is 30.1 Å². The first-order valence-corrected chi connectivity index (χ1v) is 11.1. The summed E-state index contributed by atoms with van der Waals surface area (Å²) in [7, 11) is 0. The van der Waals surface area contributed by atoms with Crippen LogP contribution in [0.25, 0.3) is 0 Å². The molecular weight excluding hydrogens is 406 g/mol. The van der Waals surface area contributed by atoms with E-state index in [1.165, 1.54) is 0 Å². The second-order valence-corrected chi connectivity index (χ2v) is 9.40. The number of hydrogen-bond acceptors (Lipinski definition) is 6. The molecule has 0 saturated heterocycles. The van der Waals surface area contributed by atoms with Crippen LogP contribution in [0.3, 0.4) is 0 Å². The van der Waals surface area contributed by atoms with Gasteiger partial charge in [0.1, 0.15) is 23.2 Å².